The normalized spacial score (nSPS) is 17.6. The molecule has 1 aromatic heterocycles. The molecule has 22 heavy (non-hydrogen) atoms. The number of pyridine rings is 1. The Kier molecular flexibility index (Phi) is 5.00. The Morgan fingerprint density at radius 1 is 1.05 bits per heavy atom. The van der Waals surface area contributed by atoms with Crippen LogP contribution in [0.5, 0.6) is 5.75 Å². The number of rotatable bonds is 3. The first-order valence-electron chi connectivity index (χ1n) is 8.24. The molecule has 1 aliphatic rings. The van der Waals surface area contributed by atoms with Gasteiger partial charge in [0, 0.05) is 44.0 Å². The second kappa shape index (κ2) is 6.45. The number of piperazine rings is 1. The molecule has 2 rings (SSSR count). The summed E-state index contributed by atoms with van der Waals surface area (Å²) in [4.78, 5) is 9.41. The standard InChI is InChI=1S/C18H31N3O/c1-17(2,3)14-22-15-7-8-19-16(13-15)20-9-11-21(12-10-20)18(4,5)6/h7-8,13H,9-12,14H2,1-6H3. The Morgan fingerprint density at radius 3 is 2.23 bits per heavy atom. The van der Waals surface area contributed by atoms with E-state index in [0.29, 0.717) is 6.61 Å². The summed E-state index contributed by atoms with van der Waals surface area (Å²) in [6.07, 6.45) is 1.85. The molecule has 0 aliphatic carbocycles. The van der Waals surface area contributed by atoms with Crippen molar-refractivity contribution in [2.24, 2.45) is 5.41 Å². The van der Waals surface area contributed by atoms with Crippen molar-refractivity contribution in [3.63, 3.8) is 0 Å². The van der Waals surface area contributed by atoms with E-state index in [2.05, 4.69) is 62.4 Å². The quantitative estimate of drug-likeness (QED) is 0.855. The minimum atomic E-state index is 0.168. The Balaban J connectivity index is 1.96. The highest BCUT2D eigenvalue weighted by Crippen LogP contribution is 2.23. The van der Waals surface area contributed by atoms with Crippen LogP contribution in [0.1, 0.15) is 41.5 Å². The molecule has 0 atom stereocenters. The monoisotopic (exact) mass is 305 g/mol. The molecular weight excluding hydrogens is 274 g/mol. The van der Waals surface area contributed by atoms with Crippen molar-refractivity contribution in [2.75, 3.05) is 37.7 Å². The van der Waals surface area contributed by atoms with Crippen LogP contribution in [0.4, 0.5) is 5.82 Å². The van der Waals surface area contributed by atoms with Gasteiger partial charge in [0.05, 0.1) is 6.61 Å². The zero-order chi connectivity index (χ0) is 16.4. The highest BCUT2D eigenvalue weighted by atomic mass is 16.5. The fourth-order valence-corrected chi connectivity index (χ4v) is 2.57. The summed E-state index contributed by atoms with van der Waals surface area (Å²) in [7, 11) is 0. The summed E-state index contributed by atoms with van der Waals surface area (Å²) in [6, 6.07) is 4.01. The molecule has 1 saturated heterocycles. The van der Waals surface area contributed by atoms with Crippen LogP contribution in [-0.2, 0) is 0 Å². The van der Waals surface area contributed by atoms with E-state index in [0.717, 1.165) is 37.7 Å². The number of hydrogen-bond donors (Lipinski definition) is 0. The Bertz CT molecular complexity index is 480. The number of aromatic nitrogens is 1. The predicted octanol–water partition coefficient (Wildman–Crippen LogP) is 3.43. The van der Waals surface area contributed by atoms with Crippen molar-refractivity contribution in [2.45, 2.75) is 47.1 Å². The summed E-state index contributed by atoms with van der Waals surface area (Å²) in [5, 5.41) is 0. The molecule has 0 bridgehead atoms. The lowest BCUT2D eigenvalue weighted by Gasteiger charge is -2.42. The molecular formula is C18H31N3O. The summed E-state index contributed by atoms with van der Waals surface area (Å²) >= 11 is 0. The largest absolute Gasteiger partial charge is 0.493 e. The van der Waals surface area contributed by atoms with Crippen LogP contribution in [-0.4, -0.2) is 48.2 Å². The average Bonchev–Trinajstić information content (AvgIpc) is 2.44. The van der Waals surface area contributed by atoms with Gasteiger partial charge in [-0.05, 0) is 32.3 Å². The van der Waals surface area contributed by atoms with Gasteiger partial charge in [-0.1, -0.05) is 20.8 Å². The zero-order valence-electron chi connectivity index (χ0n) is 15.0. The maximum Gasteiger partial charge on any atom is 0.132 e. The van der Waals surface area contributed by atoms with E-state index in [1.54, 1.807) is 0 Å². The van der Waals surface area contributed by atoms with Gasteiger partial charge in [0.15, 0.2) is 0 Å². The summed E-state index contributed by atoms with van der Waals surface area (Å²) in [6.45, 7) is 18.3. The predicted molar refractivity (Wildman–Crippen MR) is 92.7 cm³/mol. The number of hydrogen-bond acceptors (Lipinski definition) is 4. The van der Waals surface area contributed by atoms with E-state index in [1.807, 2.05) is 12.3 Å². The summed E-state index contributed by atoms with van der Waals surface area (Å²) < 4.78 is 5.90. The van der Waals surface area contributed by atoms with E-state index in [4.69, 9.17) is 4.74 Å². The minimum absolute atomic E-state index is 0.168. The number of ether oxygens (including phenoxy) is 1. The Labute approximate surface area is 135 Å². The lowest BCUT2D eigenvalue weighted by molar-refractivity contribution is 0.128. The second-order valence-electron chi connectivity index (χ2n) is 8.34. The molecule has 0 unspecified atom stereocenters. The van der Waals surface area contributed by atoms with E-state index in [1.165, 1.54) is 0 Å². The van der Waals surface area contributed by atoms with Crippen molar-refractivity contribution >= 4 is 5.82 Å². The van der Waals surface area contributed by atoms with Crippen molar-refractivity contribution < 1.29 is 4.74 Å². The first kappa shape index (κ1) is 17.1. The molecule has 0 spiro atoms. The van der Waals surface area contributed by atoms with Crippen LogP contribution in [0, 0.1) is 5.41 Å². The summed E-state index contributed by atoms with van der Waals surface area (Å²) in [5.74, 6) is 1.94. The van der Waals surface area contributed by atoms with Crippen LogP contribution in [0.25, 0.3) is 0 Å². The van der Waals surface area contributed by atoms with E-state index >= 15 is 0 Å². The first-order valence-corrected chi connectivity index (χ1v) is 8.24. The van der Waals surface area contributed by atoms with Crippen LogP contribution in [0.3, 0.4) is 0 Å². The molecule has 0 radical (unpaired) electrons. The van der Waals surface area contributed by atoms with Crippen LogP contribution >= 0.6 is 0 Å². The molecule has 1 fully saturated rings. The molecule has 0 amide bonds. The van der Waals surface area contributed by atoms with E-state index < -0.39 is 0 Å². The van der Waals surface area contributed by atoms with Crippen molar-refractivity contribution in [1.29, 1.82) is 0 Å². The van der Waals surface area contributed by atoms with Gasteiger partial charge in [0.1, 0.15) is 11.6 Å². The van der Waals surface area contributed by atoms with Crippen LogP contribution < -0.4 is 9.64 Å². The van der Waals surface area contributed by atoms with Gasteiger partial charge in [-0.15, -0.1) is 0 Å². The van der Waals surface area contributed by atoms with Gasteiger partial charge in [-0.3, -0.25) is 4.90 Å². The zero-order valence-corrected chi connectivity index (χ0v) is 15.0. The van der Waals surface area contributed by atoms with E-state index in [-0.39, 0.29) is 11.0 Å². The highest BCUT2D eigenvalue weighted by molar-refractivity contribution is 5.44. The average molecular weight is 305 g/mol. The Morgan fingerprint density at radius 2 is 1.68 bits per heavy atom. The van der Waals surface area contributed by atoms with Crippen molar-refractivity contribution in [3.05, 3.63) is 18.3 Å². The molecule has 0 saturated carbocycles. The van der Waals surface area contributed by atoms with Gasteiger partial charge < -0.3 is 9.64 Å². The topological polar surface area (TPSA) is 28.6 Å². The second-order valence-corrected chi connectivity index (χ2v) is 8.34. The third kappa shape index (κ3) is 4.87. The molecule has 2 heterocycles. The SMILES string of the molecule is CC(C)(C)COc1ccnc(N2CCN(C(C)(C)C)CC2)c1. The molecule has 4 heteroatoms. The molecule has 124 valence electrons. The fourth-order valence-electron chi connectivity index (χ4n) is 2.57. The molecule has 1 aromatic rings. The smallest absolute Gasteiger partial charge is 0.132 e. The lowest BCUT2D eigenvalue weighted by atomic mass is 9.99. The number of anilines is 1. The van der Waals surface area contributed by atoms with Gasteiger partial charge in [0.2, 0.25) is 0 Å². The first-order chi connectivity index (χ1) is 10.1. The minimum Gasteiger partial charge on any atom is -0.493 e. The van der Waals surface area contributed by atoms with Gasteiger partial charge in [-0.2, -0.15) is 0 Å². The molecule has 1 aliphatic heterocycles. The molecule has 0 N–H and O–H groups in total. The third-order valence-electron chi connectivity index (χ3n) is 3.94. The van der Waals surface area contributed by atoms with Crippen molar-refractivity contribution in [3.8, 4) is 5.75 Å². The van der Waals surface area contributed by atoms with Crippen LogP contribution in [0.15, 0.2) is 18.3 Å². The number of nitrogens with zero attached hydrogens (tertiary/aromatic N) is 3. The fraction of sp³-hybridized carbons (Fsp3) is 0.722. The van der Waals surface area contributed by atoms with Gasteiger partial charge in [-0.25, -0.2) is 4.98 Å². The summed E-state index contributed by atoms with van der Waals surface area (Å²) in [5.41, 5.74) is 0.416. The van der Waals surface area contributed by atoms with Gasteiger partial charge in [0.25, 0.3) is 0 Å². The maximum atomic E-state index is 5.90. The van der Waals surface area contributed by atoms with Gasteiger partial charge >= 0.3 is 0 Å². The highest BCUT2D eigenvalue weighted by Gasteiger charge is 2.26. The van der Waals surface area contributed by atoms with E-state index in [9.17, 15) is 0 Å². The lowest BCUT2D eigenvalue weighted by Crippen LogP contribution is -2.53. The van der Waals surface area contributed by atoms with Crippen molar-refractivity contribution in [1.82, 2.24) is 9.88 Å². The Hall–Kier alpha value is -1.29. The molecule has 4 nitrogen and oxygen atoms in total. The maximum absolute atomic E-state index is 5.90. The van der Waals surface area contributed by atoms with Crippen LogP contribution in [0.2, 0.25) is 0 Å². The molecule has 0 aromatic carbocycles. The third-order valence-corrected chi connectivity index (χ3v) is 3.94.